The van der Waals surface area contributed by atoms with E-state index in [1.54, 1.807) is 24.3 Å². The van der Waals surface area contributed by atoms with E-state index in [1.165, 1.54) is 38.3 Å². The fraction of sp³-hybridized carbons (Fsp3) is 0.238. The van der Waals surface area contributed by atoms with Gasteiger partial charge in [-0.15, -0.1) is 0 Å². The van der Waals surface area contributed by atoms with Crippen molar-refractivity contribution in [3.05, 3.63) is 58.3 Å². The van der Waals surface area contributed by atoms with Gasteiger partial charge in [0.1, 0.15) is 5.82 Å². The Labute approximate surface area is 176 Å². The Kier molecular flexibility index (Phi) is 8.21. The molecule has 2 aromatic carbocycles. The van der Waals surface area contributed by atoms with Gasteiger partial charge in [0.15, 0.2) is 17.6 Å². The van der Waals surface area contributed by atoms with Crippen molar-refractivity contribution in [2.45, 2.75) is 20.0 Å². The first-order chi connectivity index (χ1) is 13.8. The molecule has 0 spiro atoms. The van der Waals surface area contributed by atoms with Crippen LogP contribution in [0.3, 0.4) is 0 Å². The summed E-state index contributed by atoms with van der Waals surface area (Å²) < 4.78 is 30.1. The van der Waals surface area contributed by atoms with Crippen LogP contribution in [0.25, 0.3) is 6.08 Å². The molecule has 1 unspecified atom stereocenters. The number of methoxy groups -OCH3 is 1. The Morgan fingerprint density at radius 1 is 1.21 bits per heavy atom. The molecule has 2 rings (SSSR count). The van der Waals surface area contributed by atoms with E-state index in [-0.39, 0.29) is 5.69 Å². The van der Waals surface area contributed by atoms with Crippen molar-refractivity contribution in [2.24, 2.45) is 0 Å². The standard InChI is InChI=1S/C21H21BrFNO5/c1-4-28-18-9-5-14(11-19(18)27-3)6-10-20(25)29-13(2)21(26)24-17-8-7-15(22)12-16(17)23/h5-13H,4H2,1-3H3,(H,24,26). The minimum Gasteiger partial charge on any atom is -0.493 e. The first-order valence-corrected chi connectivity index (χ1v) is 9.58. The second-order valence-electron chi connectivity index (χ2n) is 5.87. The maximum atomic E-state index is 13.8. The number of nitrogens with one attached hydrogen (secondary N) is 1. The van der Waals surface area contributed by atoms with E-state index in [2.05, 4.69) is 21.2 Å². The Morgan fingerprint density at radius 3 is 2.62 bits per heavy atom. The summed E-state index contributed by atoms with van der Waals surface area (Å²) in [6.45, 7) is 3.77. The molecule has 0 bridgehead atoms. The van der Waals surface area contributed by atoms with Crippen LogP contribution in [0.15, 0.2) is 46.9 Å². The molecule has 0 aliphatic rings. The molecule has 1 atom stereocenters. The summed E-state index contributed by atoms with van der Waals surface area (Å²) in [4.78, 5) is 24.1. The van der Waals surface area contributed by atoms with Crippen molar-refractivity contribution < 1.29 is 28.2 Å². The molecular formula is C21H21BrFNO5. The predicted molar refractivity (Wildman–Crippen MR) is 111 cm³/mol. The molecule has 0 aromatic heterocycles. The Bertz CT molecular complexity index is 916. The van der Waals surface area contributed by atoms with Crippen LogP contribution in [0.2, 0.25) is 0 Å². The molecule has 0 saturated heterocycles. The largest absolute Gasteiger partial charge is 0.493 e. The monoisotopic (exact) mass is 465 g/mol. The molecule has 0 saturated carbocycles. The summed E-state index contributed by atoms with van der Waals surface area (Å²) >= 11 is 3.14. The van der Waals surface area contributed by atoms with E-state index in [9.17, 15) is 14.0 Å². The second-order valence-corrected chi connectivity index (χ2v) is 6.78. The van der Waals surface area contributed by atoms with Crippen LogP contribution in [0.1, 0.15) is 19.4 Å². The first-order valence-electron chi connectivity index (χ1n) is 8.79. The fourth-order valence-corrected chi connectivity index (χ4v) is 2.65. The number of hydrogen-bond acceptors (Lipinski definition) is 5. The number of anilines is 1. The average molecular weight is 466 g/mol. The van der Waals surface area contributed by atoms with Crippen molar-refractivity contribution in [1.82, 2.24) is 0 Å². The molecule has 0 radical (unpaired) electrons. The Hall–Kier alpha value is -2.87. The number of rotatable bonds is 8. The lowest BCUT2D eigenvalue weighted by Crippen LogP contribution is -2.29. The topological polar surface area (TPSA) is 73.9 Å². The molecule has 0 aliphatic carbocycles. The Balaban J connectivity index is 1.96. The zero-order valence-electron chi connectivity index (χ0n) is 16.2. The third-order valence-corrected chi connectivity index (χ3v) is 4.24. The number of carbonyl (C=O) groups is 2. The van der Waals surface area contributed by atoms with Gasteiger partial charge in [-0.05, 0) is 55.8 Å². The van der Waals surface area contributed by atoms with Crippen LogP contribution < -0.4 is 14.8 Å². The molecule has 6 nitrogen and oxygen atoms in total. The highest BCUT2D eigenvalue weighted by atomic mass is 79.9. The molecule has 0 fully saturated rings. The highest BCUT2D eigenvalue weighted by molar-refractivity contribution is 9.10. The molecular weight excluding hydrogens is 445 g/mol. The van der Waals surface area contributed by atoms with E-state index in [0.717, 1.165) is 0 Å². The maximum Gasteiger partial charge on any atom is 0.331 e. The van der Waals surface area contributed by atoms with E-state index in [4.69, 9.17) is 14.2 Å². The summed E-state index contributed by atoms with van der Waals surface area (Å²) in [6.07, 6.45) is 1.61. The van der Waals surface area contributed by atoms with Gasteiger partial charge < -0.3 is 19.5 Å². The smallest absolute Gasteiger partial charge is 0.331 e. The highest BCUT2D eigenvalue weighted by Gasteiger charge is 2.18. The number of esters is 1. The van der Waals surface area contributed by atoms with Gasteiger partial charge in [-0.1, -0.05) is 22.0 Å². The lowest BCUT2D eigenvalue weighted by molar-refractivity contribution is -0.148. The number of benzene rings is 2. The van der Waals surface area contributed by atoms with Crippen LogP contribution in [0.4, 0.5) is 10.1 Å². The molecule has 154 valence electrons. The summed E-state index contributed by atoms with van der Waals surface area (Å²) in [5, 5.41) is 2.38. The van der Waals surface area contributed by atoms with Gasteiger partial charge in [-0.25, -0.2) is 9.18 Å². The molecule has 29 heavy (non-hydrogen) atoms. The molecule has 2 aromatic rings. The fourth-order valence-electron chi connectivity index (χ4n) is 2.32. The SMILES string of the molecule is CCOc1ccc(C=CC(=O)OC(C)C(=O)Nc2ccc(Br)cc2F)cc1OC. The summed E-state index contributed by atoms with van der Waals surface area (Å²) in [6, 6.07) is 9.41. The minimum absolute atomic E-state index is 0.00174. The van der Waals surface area contributed by atoms with Crippen molar-refractivity contribution in [2.75, 3.05) is 19.0 Å². The number of halogens is 2. The zero-order chi connectivity index (χ0) is 21.4. The average Bonchev–Trinajstić information content (AvgIpc) is 2.69. The molecule has 1 amide bonds. The van der Waals surface area contributed by atoms with Gasteiger partial charge >= 0.3 is 5.97 Å². The summed E-state index contributed by atoms with van der Waals surface area (Å²) in [5.41, 5.74) is 0.689. The van der Waals surface area contributed by atoms with Crippen LogP contribution >= 0.6 is 15.9 Å². The normalized spacial score (nSPS) is 11.8. The van der Waals surface area contributed by atoms with Gasteiger partial charge in [0.2, 0.25) is 0 Å². The third-order valence-electron chi connectivity index (χ3n) is 3.75. The zero-order valence-corrected chi connectivity index (χ0v) is 17.8. The van der Waals surface area contributed by atoms with Gasteiger partial charge in [-0.3, -0.25) is 4.79 Å². The van der Waals surface area contributed by atoms with Crippen molar-refractivity contribution in [3.8, 4) is 11.5 Å². The van der Waals surface area contributed by atoms with Crippen molar-refractivity contribution in [3.63, 3.8) is 0 Å². The number of carbonyl (C=O) groups excluding carboxylic acids is 2. The summed E-state index contributed by atoms with van der Waals surface area (Å²) in [5.74, 6) is -0.824. The molecule has 0 heterocycles. The Morgan fingerprint density at radius 2 is 1.97 bits per heavy atom. The van der Waals surface area contributed by atoms with Crippen molar-refractivity contribution in [1.29, 1.82) is 0 Å². The molecule has 8 heteroatoms. The van der Waals surface area contributed by atoms with Crippen molar-refractivity contribution >= 4 is 39.6 Å². The minimum atomic E-state index is -1.11. The quantitative estimate of drug-likeness (QED) is 0.456. The van der Waals surface area contributed by atoms with E-state index in [1.807, 2.05) is 6.92 Å². The first kappa shape index (κ1) is 22.4. The van der Waals surface area contributed by atoms with Gasteiger partial charge in [-0.2, -0.15) is 0 Å². The number of hydrogen-bond donors (Lipinski definition) is 1. The van der Waals surface area contributed by atoms with E-state index in [0.29, 0.717) is 28.1 Å². The van der Waals surface area contributed by atoms with Gasteiger partial charge in [0.25, 0.3) is 5.91 Å². The summed E-state index contributed by atoms with van der Waals surface area (Å²) in [7, 11) is 1.52. The highest BCUT2D eigenvalue weighted by Crippen LogP contribution is 2.28. The number of ether oxygens (including phenoxy) is 3. The third kappa shape index (κ3) is 6.60. The van der Waals surface area contributed by atoms with Gasteiger partial charge in [0, 0.05) is 10.5 Å². The predicted octanol–water partition coefficient (Wildman–Crippen LogP) is 4.58. The van der Waals surface area contributed by atoms with E-state index < -0.39 is 23.8 Å². The van der Waals surface area contributed by atoms with Crippen LogP contribution in [-0.2, 0) is 14.3 Å². The lowest BCUT2D eigenvalue weighted by Gasteiger charge is -2.13. The number of amides is 1. The molecule has 0 aliphatic heterocycles. The maximum absolute atomic E-state index is 13.8. The second kappa shape index (κ2) is 10.6. The van der Waals surface area contributed by atoms with Crippen LogP contribution in [0, 0.1) is 5.82 Å². The van der Waals surface area contributed by atoms with Gasteiger partial charge in [0.05, 0.1) is 19.4 Å². The van der Waals surface area contributed by atoms with E-state index >= 15 is 0 Å². The molecule has 1 N–H and O–H groups in total. The lowest BCUT2D eigenvalue weighted by atomic mass is 10.2. The van der Waals surface area contributed by atoms with Crippen LogP contribution in [0.5, 0.6) is 11.5 Å². The van der Waals surface area contributed by atoms with Crippen LogP contribution in [-0.4, -0.2) is 31.7 Å².